The number of carboxylic acid groups (broad SMARTS) is 3. The summed E-state index contributed by atoms with van der Waals surface area (Å²) in [6.07, 6.45) is 0. The maximum atomic E-state index is 11.3. The number of rotatable bonds is 8. The zero-order valence-corrected chi connectivity index (χ0v) is 17.7. The molecule has 0 atom stereocenters. The lowest BCUT2D eigenvalue weighted by Gasteiger charge is -2.33. The van der Waals surface area contributed by atoms with Gasteiger partial charge in [0.05, 0.1) is 19.6 Å². The molecule has 1 aliphatic rings. The Morgan fingerprint density at radius 2 is 0.903 bits per heavy atom. The highest BCUT2D eigenvalue weighted by molar-refractivity contribution is 5.69. The van der Waals surface area contributed by atoms with Gasteiger partial charge in [0.15, 0.2) is 0 Å². The second kappa shape index (κ2) is 13.0. The summed E-state index contributed by atoms with van der Waals surface area (Å²) in [4.78, 5) is 41.4. The Labute approximate surface area is 182 Å². The minimum absolute atomic E-state index is 0.106. The van der Waals surface area contributed by atoms with Crippen LogP contribution in [0.15, 0.2) is 30.3 Å². The van der Waals surface area contributed by atoms with Gasteiger partial charge in [0.1, 0.15) is 0 Å². The third-order valence-corrected chi connectivity index (χ3v) is 5.26. The fourth-order valence-electron chi connectivity index (χ4n) is 3.63. The predicted molar refractivity (Wildman–Crippen MR) is 114 cm³/mol. The molecule has 2 rings (SSSR count). The average molecular weight is 437 g/mol. The molecule has 0 unspecified atom stereocenters. The number of nitrogens with zero attached hydrogens (tertiary/aromatic N) is 4. The summed E-state index contributed by atoms with van der Waals surface area (Å²) in [7, 11) is 0. The number of carbonyl (C=O) groups is 3. The summed E-state index contributed by atoms with van der Waals surface area (Å²) in [5.74, 6) is -2.80. The fourth-order valence-corrected chi connectivity index (χ4v) is 3.63. The first-order valence-electron chi connectivity index (χ1n) is 10.4. The molecule has 0 bridgehead atoms. The van der Waals surface area contributed by atoms with Gasteiger partial charge >= 0.3 is 17.9 Å². The van der Waals surface area contributed by atoms with E-state index in [2.05, 4.69) is 4.90 Å². The molecule has 10 heteroatoms. The molecule has 0 aromatic heterocycles. The van der Waals surface area contributed by atoms with Gasteiger partial charge in [-0.3, -0.25) is 34.0 Å². The monoisotopic (exact) mass is 436 g/mol. The van der Waals surface area contributed by atoms with Crippen LogP contribution in [-0.4, -0.2) is 125 Å². The van der Waals surface area contributed by atoms with Crippen LogP contribution < -0.4 is 0 Å². The first-order chi connectivity index (χ1) is 14.8. The number of hydrogen-bond donors (Lipinski definition) is 3. The molecule has 1 aromatic rings. The summed E-state index contributed by atoms with van der Waals surface area (Å²) in [6, 6.07) is 9.95. The number of aliphatic carboxylic acids is 3. The van der Waals surface area contributed by atoms with E-state index in [4.69, 9.17) is 0 Å². The van der Waals surface area contributed by atoms with Crippen molar-refractivity contribution in [2.45, 2.75) is 6.54 Å². The molecule has 31 heavy (non-hydrogen) atoms. The Hall–Kier alpha value is -2.53. The van der Waals surface area contributed by atoms with Crippen LogP contribution in [0.4, 0.5) is 0 Å². The van der Waals surface area contributed by atoms with Crippen molar-refractivity contribution in [2.24, 2.45) is 0 Å². The van der Waals surface area contributed by atoms with Crippen molar-refractivity contribution in [3.05, 3.63) is 35.9 Å². The molecule has 10 nitrogen and oxygen atoms in total. The van der Waals surface area contributed by atoms with E-state index in [0.717, 1.165) is 5.56 Å². The largest absolute Gasteiger partial charge is 0.480 e. The van der Waals surface area contributed by atoms with Crippen LogP contribution in [0.5, 0.6) is 0 Å². The summed E-state index contributed by atoms with van der Waals surface area (Å²) in [5, 5.41) is 27.7. The molecule has 1 aliphatic heterocycles. The zero-order chi connectivity index (χ0) is 22.6. The molecule has 1 fully saturated rings. The highest BCUT2D eigenvalue weighted by Crippen LogP contribution is 2.07. The van der Waals surface area contributed by atoms with Gasteiger partial charge in [-0.1, -0.05) is 30.3 Å². The normalized spacial score (nSPS) is 18.7. The average Bonchev–Trinajstić information content (AvgIpc) is 2.69. The first kappa shape index (κ1) is 24.7. The van der Waals surface area contributed by atoms with Crippen LogP contribution >= 0.6 is 0 Å². The van der Waals surface area contributed by atoms with E-state index in [1.807, 2.05) is 40.1 Å². The lowest BCUT2D eigenvalue weighted by molar-refractivity contribution is -0.140. The van der Waals surface area contributed by atoms with Crippen molar-refractivity contribution in [1.29, 1.82) is 0 Å². The Balaban J connectivity index is 2.13. The van der Waals surface area contributed by atoms with Crippen molar-refractivity contribution in [1.82, 2.24) is 19.6 Å². The molecular formula is C21H32N4O6. The quantitative estimate of drug-likeness (QED) is 0.498. The molecule has 0 saturated carbocycles. The molecule has 0 amide bonds. The van der Waals surface area contributed by atoms with E-state index in [1.165, 1.54) is 0 Å². The minimum atomic E-state index is -0.962. The van der Waals surface area contributed by atoms with Crippen LogP contribution in [0, 0.1) is 0 Å². The second-order valence-corrected chi connectivity index (χ2v) is 7.77. The Bertz CT molecular complexity index is 685. The van der Waals surface area contributed by atoms with Gasteiger partial charge in [0, 0.05) is 58.9 Å². The Morgan fingerprint density at radius 3 is 1.23 bits per heavy atom. The molecule has 1 aromatic carbocycles. The number of benzene rings is 1. The lowest BCUT2D eigenvalue weighted by Crippen LogP contribution is -2.48. The highest BCUT2D eigenvalue weighted by Gasteiger charge is 2.20. The van der Waals surface area contributed by atoms with Crippen molar-refractivity contribution in [3.8, 4) is 0 Å². The second-order valence-electron chi connectivity index (χ2n) is 7.77. The van der Waals surface area contributed by atoms with E-state index in [9.17, 15) is 29.7 Å². The molecule has 3 N–H and O–H groups in total. The Morgan fingerprint density at radius 1 is 0.581 bits per heavy atom. The summed E-state index contributed by atoms with van der Waals surface area (Å²) in [6.45, 7) is 4.28. The topological polar surface area (TPSA) is 125 Å². The maximum Gasteiger partial charge on any atom is 0.317 e. The van der Waals surface area contributed by atoms with Crippen LogP contribution in [0.1, 0.15) is 5.56 Å². The lowest BCUT2D eigenvalue weighted by atomic mass is 10.2. The van der Waals surface area contributed by atoms with Gasteiger partial charge in [0.25, 0.3) is 0 Å². The van der Waals surface area contributed by atoms with Crippen molar-refractivity contribution in [3.63, 3.8) is 0 Å². The summed E-state index contributed by atoms with van der Waals surface area (Å²) >= 11 is 0. The van der Waals surface area contributed by atoms with E-state index in [0.29, 0.717) is 58.9 Å². The van der Waals surface area contributed by atoms with Crippen LogP contribution in [0.3, 0.4) is 0 Å². The van der Waals surface area contributed by atoms with Gasteiger partial charge in [-0.15, -0.1) is 0 Å². The fraction of sp³-hybridized carbons (Fsp3) is 0.571. The zero-order valence-electron chi connectivity index (χ0n) is 17.7. The molecule has 0 radical (unpaired) electrons. The molecule has 1 heterocycles. The van der Waals surface area contributed by atoms with Crippen molar-refractivity contribution in [2.75, 3.05) is 72.0 Å². The first-order valence-corrected chi connectivity index (χ1v) is 10.4. The van der Waals surface area contributed by atoms with E-state index >= 15 is 0 Å². The minimum Gasteiger partial charge on any atom is -0.480 e. The van der Waals surface area contributed by atoms with Gasteiger partial charge in [-0.05, 0) is 5.56 Å². The van der Waals surface area contributed by atoms with Crippen LogP contribution in [-0.2, 0) is 20.9 Å². The van der Waals surface area contributed by atoms with E-state index in [1.54, 1.807) is 4.90 Å². The van der Waals surface area contributed by atoms with E-state index < -0.39 is 17.9 Å². The van der Waals surface area contributed by atoms with Crippen LogP contribution in [0.25, 0.3) is 0 Å². The maximum absolute atomic E-state index is 11.3. The number of carboxylic acids is 3. The smallest absolute Gasteiger partial charge is 0.317 e. The third-order valence-electron chi connectivity index (χ3n) is 5.26. The third kappa shape index (κ3) is 10.4. The molecule has 0 spiro atoms. The molecule has 0 aliphatic carbocycles. The van der Waals surface area contributed by atoms with E-state index in [-0.39, 0.29) is 19.6 Å². The van der Waals surface area contributed by atoms with Crippen molar-refractivity contribution >= 4 is 17.9 Å². The molecular weight excluding hydrogens is 404 g/mol. The summed E-state index contributed by atoms with van der Waals surface area (Å²) in [5.41, 5.74) is 1.14. The van der Waals surface area contributed by atoms with Gasteiger partial charge in [0.2, 0.25) is 0 Å². The van der Waals surface area contributed by atoms with Crippen molar-refractivity contribution < 1.29 is 29.7 Å². The van der Waals surface area contributed by atoms with Gasteiger partial charge < -0.3 is 15.3 Å². The van der Waals surface area contributed by atoms with Crippen LogP contribution in [0.2, 0.25) is 0 Å². The SMILES string of the molecule is O=C(O)CN1CCN(CC(=O)O)CCN(Cc2ccccc2)CCN(CC(=O)O)CC1. The summed E-state index contributed by atoms with van der Waals surface area (Å²) < 4.78 is 0. The predicted octanol–water partition coefficient (Wildman–Crippen LogP) is -0.338. The van der Waals surface area contributed by atoms with Gasteiger partial charge in [-0.2, -0.15) is 0 Å². The Kier molecular flexibility index (Phi) is 10.4. The standard InChI is InChI=1S/C21H32N4O6/c26-19(27)15-23-8-6-22(14-18-4-2-1-3-5-18)7-9-24(16-20(28)29)11-13-25(12-10-23)17-21(30)31/h1-5H,6-17H2,(H,26,27)(H,28,29)(H,30,31). The highest BCUT2D eigenvalue weighted by atomic mass is 16.4. The number of hydrogen-bond acceptors (Lipinski definition) is 7. The molecule has 1 saturated heterocycles. The van der Waals surface area contributed by atoms with Gasteiger partial charge in [-0.25, -0.2) is 0 Å². The molecule has 172 valence electrons.